The highest BCUT2D eigenvalue weighted by molar-refractivity contribution is 5.44. The first-order valence-corrected chi connectivity index (χ1v) is 2.82. The molecule has 10 heavy (non-hydrogen) atoms. The SMILES string of the molecule is C=c1ncn2c(=O)[nH]cc12. The maximum Gasteiger partial charge on any atom is 0.331 e. The van der Waals surface area contributed by atoms with Crippen LogP contribution >= 0.6 is 0 Å². The first kappa shape index (κ1) is 5.22. The van der Waals surface area contributed by atoms with Crippen molar-refractivity contribution < 1.29 is 0 Å². The minimum Gasteiger partial charge on any atom is -0.312 e. The van der Waals surface area contributed by atoms with Crippen LogP contribution < -0.4 is 11.0 Å². The molecule has 50 valence electrons. The van der Waals surface area contributed by atoms with Crippen LogP contribution in [0.15, 0.2) is 17.3 Å². The number of nitrogens with one attached hydrogen (secondary N) is 1. The van der Waals surface area contributed by atoms with Gasteiger partial charge in [0.2, 0.25) is 0 Å². The molecule has 2 heterocycles. The quantitative estimate of drug-likeness (QED) is 0.511. The maximum atomic E-state index is 10.8. The van der Waals surface area contributed by atoms with Crippen LogP contribution in [0.5, 0.6) is 0 Å². The molecule has 0 aliphatic heterocycles. The molecule has 0 radical (unpaired) electrons. The highest BCUT2D eigenvalue weighted by atomic mass is 16.1. The Morgan fingerprint density at radius 2 is 2.50 bits per heavy atom. The van der Waals surface area contributed by atoms with Crippen LogP contribution in [0.1, 0.15) is 0 Å². The Labute approximate surface area is 55.8 Å². The van der Waals surface area contributed by atoms with Crippen molar-refractivity contribution >= 4 is 12.1 Å². The number of hydrogen-bond donors (Lipinski definition) is 1. The molecule has 4 nitrogen and oxygen atoms in total. The zero-order valence-corrected chi connectivity index (χ0v) is 5.16. The van der Waals surface area contributed by atoms with Gasteiger partial charge in [0.25, 0.3) is 0 Å². The van der Waals surface area contributed by atoms with E-state index in [-0.39, 0.29) is 5.69 Å². The van der Waals surface area contributed by atoms with Crippen molar-refractivity contribution in [2.75, 3.05) is 0 Å². The monoisotopic (exact) mass is 135 g/mol. The maximum absolute atomic E-state index is 10.8. The largest absolute Gasteiger partial charge is 0.331 e. The number of nitrogens with zero attached hydrogens (tertiary/aromatic N) is 2. The van der Waals surface area contributed by atoms with E-state index in [1.165, 1.54) is 10.7 Å². The van der Waals surface area contributed by atoms with E-state index in [0.717, 1.165) is 5.52 Å². The Morgan fingerprint density at radius 1 is 1.70 bits per heavy atom. The van der Waals surface area contributed by atoms with Crippen molar-refractivity contribution in [1.82, 2.24) is 14.4 Å². The third-order valence-corrected chi connectivity index (χ3v) is 1.44. The van der Waals surface area contributed by atoms with Gasteiger partial charge in [0.05, 0.1) is 10.9 Å². The Hall–Kier alpha value is -1.58. The van der Waals surface area contributed by atoms with Crippen molar-refractivity contribution in [1.29, 1.82) is 0 Å². The molecule has 0 aromatic carbocycles. The van der Waals surface area contributed by atoms with E-state index in [2.05, 4.69) is 16.5 Å². The van der Waals surface area contributed by atoms with Crippen LogP contribution in [0.2, 0.25) is 0 Å². The van der Waals surface area contributed by atoms with Crippen LogP contribution in [0, 0.1) is 0 Å². The second-order valence-corrected chi connectivity index (χ2v) is 2.04. The highest BCUT2D eigenvalue weighted by Gasteiger charge is 1.97. The number of H-pyrrole nitrogens is 1. The van der Waals surface area contributed by atoms with Gasteiger partial charge in [-0.15, -0.1) is 0 Å². The lowest BCUT2D eigenvalue weighted by atomic mass is 10.6. The number of aromatic nitrogens is 3. The van der Waals surface area contributed by atoms with Crippen molar-refractivity contribution in [3.8, 4) is 0 Å². The average molecular weight is 135 g/mol. The summed E-state index contributed by atoms with van der Waals surface area (Å²) in [5, 5.41) is 0.623. The first-order valence-electron chi connectivity index (χ1n) is 2.82. The average Bonchev–Trinajstić information content (AvgIpc) is 2.41. The van der Waals surface area contributed by atoms with E-state index in [1.807, 2.05) is 0 Å². The number of imidazole rings is 2. The fourth-order valence-corrected chi connectivity index (χ4v) is 0.909. The van der Waals surface area contributed by atoms with Gasteiger partial charge in [-0.2, -0.15) is 0 Å². The summed E-state index contributed by atoms with van der Waals surface area (Å²) >= 11 is 0. The minimum absolute atomic E-state index is 0.169. The van der Waals surface area contributed by atoms with E-state index in [0.29, 0.717) is 5.35 Å². The molecule has 0 aliphatic carbocycles. The molecule has 1 N–H and O–H groups in total. The van der Waals surface area contributed by atoms with Crippen LogP contribution in [-0.4, -0.2) is 14.4 Å². The summed E-state index contributed by atoms with van der Waals surface area (Å²) in [6.45, 7) is 3.63. The van der Waals surface area contributed by atoms with Gasteiger partial charge in [-0.3, -0.25) is 0 Å². The van der Waals surface area contributed by atoms with Crippen molar-refractivity contribution in [2.45, 2.75) is 0 Å². The van der Waals surface area contributed by atoms with Crippen molar-refractivity contribution in [2.24, 2.45) is 0 Å². The lowest BCUT2D eigenvalue weighted by molar-refractivity contribution is 1.05. The van der Waals surface area contributed by atoms with E-state index in [9.17, 15) is 4.79 Å². The summed E-state index contributed by atoms with van der Waals surface area (Å²) in [6, 6.07) is 0. The molecular formula is C6H5N3O. The smallest absolute Gasteiger partial charge is 0.312 e. The Kier molecular flexibility index (Phi) is 0.768. The van der Waals surface area contributed by atoms with Gasteiger partial charge in [0.15, 0.2) is 0 Å². The summed E-state index contributed by atoms with van der Waals surface area (Å²) in [5.41, 5.74) is 0.572. The Bertz CT molecular complexity index is 409. The zero-order chi connectivity index (χ0) is 7.14. The molecule has 0 saturated heterocycles. The van der Waals surface area contributed by atoms with Crippen molar-refractivity contribution in [3.05, 3.63) is 28.4 Å². The fraction of sp³-hybridized carbons (Fsp3) is 0. The van der Waals surface area contributed by atoms with Gasteiger partial charge in [-0.25, -0.2) is 14.2 Å². The Morgan fingerprint density at radius 3 is 3.20 bits per heavy atom. The molecule has 0 bridgehead atoms. The van der Waals surface area contributed by atoms with Crippen molar-refractivity contribution in [3.63, 3.8) is 0 Å². The third kappa shape index (κ3) is 0.452. The topological polar surface area (TPSA) is 50.2 Å². The summed E-state index contributed by atoms with van der Waals surface area (Å²) in [6.07, 6.45) is 3.05. The van der Waals surface area contributed by atoms with Gasteiger partial charge >= 0.3 is 5.69 Å². The normalized spacial score (nSPS) is 10.8. The summed E-state index contributed by atoms with van der Waals surface area (Å²) in [7, 11) is 0. The summed E-state index contributed by atoms with van der Waals surface area (Å²) < 4.78 is 1.42. The number of fused-ring (bicyclic) bond motifs is 1. The lowest BCUT2D eigenvalue weighted by Gasteiger charge is -1.71. The molecular weight excluding hydrogens is 130 g/mol. The van der Waals surface area contributed by atoms with Gasteiger partial charge in [0.1, 0.15) is 6.33 Å². The Balaban J connectivity index is 3.24. The first-order chi connectivity index (χ1) is 4.79. The van der Waals surface area contributed by atoms with Gasteiger partial charge < -0.3 is 4.98 Å². The van der Waals surface area contributed by atoms with Gasteiger partial charge in [-0.05, 0) is 0 Å². The molecule has 2 aromatic heterocycles. The third-order valence-electron chi connectivity index (χ3n) is 1.44. The van der Waals surface area contributed by atoms with Crippen LogP contribution in [-0.2, 0) is 0 Å². The van der Waals surface area contributed by atoms with Crippen LogP contribution in [0.4, 0.5) is 0 Å². The van der Waals surface area contributed by atoms with Crippen LogP contribution in [0.3, 0.4) is 0 Å². The zero-order valence-electron chi connectivity index (χ0n) is 5.16. The van der Waals surface area contributed by atoms with Gasteiger partial charge in [-0.1, -0.05) is 6.58 Å². The molecule has 0 fully saturated rings. The van der Waals surface area contributed by atoms with E-state index in [1.54, 1.807) is 6.20 Å². The molecule has 0 atom stereocenters. The minimum atomic E-state index is -0.169. The predicted octanol–water partition coefficient (Wildman–Crippen LogP) is -0.848. The lowest BCUT2D eigenvalue weighted by Crippen LogP contribution is -2.06. The van der Waals surface area contributed by atoms with E-state index < -0.39 is 0 Å². The molecule has 0 unspecified atom stereocenters. The molecule has 0 saturated carbocycles. The summed E-state index contributed by atoms with van der Waals surface area (Å²) in [5.74, 6) is 0. The second kappa shape index (κ2) is 1.47. The number of hydrogen-bond acceptors (Lipinski definition) is 2. The van der Waals surface area contributed by atoms with E-state index >= 15 is 0 Å². The second-order valence-electron chi connectivity index (χ2n) is 2.04. The highest BCUT2D eigenvalue weighted by Crippen LogP contribution is 1.85. The predicted molar refractivity (Wildman–Crippen MR) is 36.6 cm³/mol. The van der Waals surface area contributed by atoms with Crippen LogP contribution in [0.25, 0.3) is 12.1 Å². The standard InChI is InChI=1S/C6H5N3O/c1-4-5-2-7-6(10)9(5)3-8-4/h2-3H,1H2,(H,7,10). The number of aromatic amines is 1. The molecule has 4 heteroatoms. The van der Waals surface area contributed by atoms with Gasteiger partial charge in [0, 0.05) is 6.20 Å². The fourth-order valence-electron chi connectivity index (χ4n) is 0.909. The molecule has 0 amide bonds. The molecule has 2 aromatic rings. The molecule has 0 spiro atoms. The van der Waals surface area contributed by atoms with E-state index in [4.69, 9.17) is 0 Å². The number of rotatable bonds is 0. The molecule has 0 aliphatic rings. The molecule has 2 rings (SSSR count). The summed E-state index contributed by atoms with van der Waals surface area (Å²) in [4.78, 5) is 17.2.